The third-order valence-electron chi connectivity index (χ3n) is 5.48. The maximum atomic E-state index is 12.6. The Balaban J connectivity index is 2.07. The van der Waals surface area contributed by atoms with Gasteiger partial charge in [-0.1, -0.05) is 38.8 Å². The molecule has 0 radical (unpaired) electrons. The molecule has 3 rings (SSSR count). The van der Waals surface area contributed by atoms with Gasteiger partial charge in [0.1, 0.15) is 17.2 Å². The number of tetrazole rings is 1. The second-order valence-electron chi connectivity index (χ2n) is 8.39. The summed E-state index contributed by atoms with van der Waals surface area (Å²) >= 11 is 0. The van der Waals surface area contributed by atoms with Crippen molar-refractivity contribution in [3.8, 4) is 39.8 Å². The number of aryl methyl sites for hydroxylation is 1. The number of methoxy groups -OCH3 is 1. The van der Waals surface area contributed by atoms with Crippen molar-refractivity contribution in [1.82, 2.24) is 20.2 Å². The molecule has 3 aromatic rings. The summed E-state index contributed by atoms with van der Waals surface area (Å²) < 4.78 is 61.0. The molecule has 0 saturated carbocycles. The second kappa shape index (κ2) is 13.8. The zero-order valence-corrected chi connectivity index (χ0v) is 21.4. The summed E-state index contributed by atoms with van der Waals surface area (Å²) in [5, 5.41) is 12.2. The van der Waals surface area contributed by atoms with Gasteiger partial charge in [-0.15, -0.1) is 18.3 Å². The van der Waals surface area contributed by atoms with E-state index < -0.39 is 6.36 Å². The van der Waals surface area contributed by atoms with E-state index in [2.05, 4.69) is 34.1 Å². The predicted octanol–water partition coefficient (Wildman–Crippen LogP) is 6.30. The molecule has 202 valence electrons. The smallest absolute Gasteiger partial charge is 0.493 e. The molecule has 0 aliphatic rings. The first-order chi connectivity index (χ1) is 17.9. The van der Waals surface area contributed by atoms with E-state index in [9.17, 15) is 13.2 Å². The molecule has 0 fully saturated rings. The van der Waals surface area contributed by atoms with Crippen LogP contribution in [0.2, 0.25) is 0 Å². The van der Waals surface area contributed by atoms with E-state index in [0.29, 0.717) is 66.8 Å². The Hall–Kier alpha value is -3.34. The lowest BCUT2D eigenvalue weighted by Gasteiger charge is -2.18. The van der Waals surface area contributed by atoms with E-state index in [1.165, 1.54) is 12.1 Å². The van der Waals surface area contributed by atoms with Gasteiger partial charge in [0.15, 0.2) is 5.82 Å². The largest absolute Gasteiger partial charge is 0.573 e. The third kappa shape index (κ3) is 8.34. The number of aromatic nitrogens is 4. The first-order valence-electron chi connectivity index (χ1n) is 12.4. The fourth-order valence-electron chi connectivity index (χ4n) is 3.60. The molecule has 0 aliphatic heterocycles. The molecule has 0 bridgehead atoms. The van der Waals surface area contributed by atoms with Crippen LogP contribution in [0.1, 0.15) is 46.0 Å². The first-order valence-corrected chi connectivity index (χ1v) is 12.4. The molecule has 0 spiro atoms. The topological polar surface area (TPSA) is 80.5 Å². The molecule has 2 aromatic carbocycles. The molecule has 37 heavy (non-hydrogen) atoms. The minimum atomic E-state index is -4.76. The van der Waals surface area contributed by atoms with Crippen LogP contribution >= 0.6 is 0 Å². The number of unbranched alkanes of at least 4 members (excludes halogenated alkanes) is 2. The average Bonchev–Trinajstić information content (AvgIpc) is 3.32. The Morgan fingerprint density at radius 1 is 0.838 bits per heavy atom. The van der Waals surface area contributed by atoms with Crippen LogP contribution in [-0.2, 0) is 11.3 Å². The van der Waals surface area contributed by atoms with Crippen LogP contribution in [0.4, 0.5) is 13.2 Å². The highest BCUT2D eigenvalue weighted by molar-refractivity contribution is 5.80. The van der Waals surface area contributed by atoms with Crippen LogP contribution in [0.5, 0.6) is 17.2 Å². The lowest BCUT2D eigenvalue weighted by Crippen LogP contribution is -2.16. The first kappa shape index (κ1) is 28.2. The number of rotatable bonds is 15. The summed E-state index contributed by atoms with van der Waals surface area (Å²) in [5.41, 5.74) is 1.99. The molecule has 0 amide bonds. The number of benzene rings is 2. The minimum Gasteiger partial charge on any atom is -0.493 e. The van der Waals surface area contributed by atoms with Crippen LogP contribution in [0, 0.1) is 0 Å². The van der Waals surface area contributed by atoms with Crippen molar-refractivity contribution in [2.45, 2.75) is 58.9 Å². The van der Waals surface area contributed by atoms with Gasteiger partial charge in [-0.05, 0) is 53.5 Å². The molecular formula is C26H33F3N4O4. The van der Waals surface area contributed by atoms with Crippen molar-refractivity contribution >= 4 is 0 Å². The summed E-state index contributed by atoms with van der Waals surface area (Å²) in [4.78, 5) is 0. The number of alkyl halides is 3. The Bertz CT molecular complexity index is 1100. The molecule has 11 heteroatoms. The van der Waals surface area contributed by atoms with Gasteiger partial charge in [-0.2, -0.15) is 0 Å². The molecule has 0 saturated heterocycles. The van der Waals surface area contributed by atoms with Crippen molar-refractivity contribution in [2.75, 3.05) is 26.9 Å². The number of hydrogen-bond acceptors (Lipinski definition) is 7. The van der Waals surface area contributed by atoms with Crippen LogP contribution < -0.4 is 14.2 Å². The molecule has 0 atom stereocenters. The van der Waals surface area contributed by atoms with Crippen molar-refractivity contribution in [2.24, 2.45) is 0 Å². The van der Waals surface area contributed by atoms with Gasteiger partial charge in [-0.25, -0.2) is 4.68 Å². The number of nitrogens with zero attached hydrogens (tertiary/aromatic N) is 4. The van der Waals surface area contributed by atoms with Gasteiger partial charge < -0.3 is 18.9 Å². The highest BCUT2D eigenvalue weighted by Crippen LogP contribution is 2.41. The van der Waals surface area contributed by atoms with Gasteiger partial charge in [0.05, 0.1) is 18.8 Å². The normalized spacial score (nSPS) is 11.5. The van der Waals surface area contributed by atoms with Crippen LogP contribution in [0.25, 0.3) is 22.5 Å². The minimum absolute atomic E-state index is 0.300. The molecular weight excluding hydrogens is 489 g/mol. The van der Waals surface area contributed by atoms with Gasteiger partial charge >= 0.3 is 6.36 Å². The van der Waals surface area contributed by atoms with E-state index in [1.54, 1.807) is 23.9 Å². The van der Waals surface area contributed by atoms with Crippen molar-refractivity contribution in [1.29, 1.82) is 0 Å². The molecule has 0 unspecified atom stereocenters. The van der Waals surface area contributed by atoms with Gasteiger partial charge in [0.25, 0.3) is 0 Å². The van der Waals surface area contributed by atoms with Crippen molar-refractivity contribution < 1.29 is 32.1 Å². The van der Waals surface area contributed by atoms with Gasteiger partial charge in [0.2, 0.25) is 0 Å². The van der Waals surface area contributed by atoms with E-state index in [4.69, 9.17) is 14.2 Å². The number of hydrogen-bond donors (Lipinski definition) is 0. The lowest BCUT2D eigenvalue weighted by atomic mass is 10.00. The average molecular weight is 523 g/mol. The van der Waals surface area contributed by atoms with Crippen LogP contribution in [0.3, 0.4) is 0 Å². The summed E-state index contributed by atoms with van der Waals surface area (Å²) in [5.74, 6) is 1.35. The molecule has 1 aromatic heterocycles. The summed E-state index contributed by atoms with van der Waals surface area (Å²) in [6.45, 7) is 6.23. The fourth-order valence-corrected chi connectivity index (χ4v) is 3.60. The third-order valence-corrected chi connectivity index (χ3v) is 5.48. The lowest BCUT2D eigenvalue weighted by molar-refractivity contribution is -0.274. The molecule has 8 nitrogen and oxygen atoms in total. The molecule has 0 aliphatic carbocycles. The van der Waals surface area contributed by atoms with Gasteiger partial charge in [-0.3, -0.25) is 0 Å². The van der Waals surface area contributed by atoms with Crippen molar-refractivity contribution in [3.05, 3.63) is 36.4 Å². The maximum Gasteiger partial charge on any atom is 0.573 e. The Kier molecular flexibility index (Phi) is 10.6. The fraction of sp³-hybridized carbons (Fsp3) is 0.500. The zero-order valence-electron chi connectivity index (χ0n) is 21.4. The van der Waals surface area contributed by atoms with E-state index in [1.807, 2.05) is 12.1 Å². The highest BCUT2D eigenvalue weighted by Gasteiger charge is 2.31. The number of halogens is 3. The summed E-state index contributed by atoms with van der Waals surface area (Å²) in [7, 11) is 1.63. The van der Waals surface area contributed by atoms with Gasteiger partial charge in [0, 0.05) is 31.9 Å². The summed E-state index contributed by atoms with van der Waals surface area (Å²) in [6, 6.07) is 9.35. The number of ether oxygens (including phenoxy) is 4. The Labute approximate surface area is 214 Å². The quantitative estimate of drug-likeness (QED) is 0.217. The highest BCUT2D eigenvalue weighted by atomic mass is 19.4. The zero-order chi connectivity index (χ0) is 26.7. The maximum absolute atomic E-state index is 12.6. The standard InChI is InChI=1S/C26H33F3N4O4/c1-4-6-15-35-23-18-24(36-16-7-5-2)22(25-30-31-32-33(25)13-8-14-34-3)17-21(23)19-9-11-20(12-10-19)37-26(27,28)29/h9-12,17-18H,4-8,13-16H2,1-3H3. The van der Waals surface area contributed by atoms with E-state index in [-0.39, 0.29) is 5.75 Å². The molecule has 0 N–H and O–H groups in total. The SMILES string of the molecule is CCCCOc1cc(OCCCC)c(-c2nnnn2CCCOC)cc1-c1ccc(OC(F)(F)F)cc1. The monoisotopic (exact) mass is 522 g/mol. The van der Waals surface area contributed by atoms with Crippen LogP contribution in [-0.4, -0.2) is 53.5 Å². The van der Waals surface area contributed by atoms with E-state index in [0.717, 1.165) is 25.7 Å². The Morgan fingerprint density at radius 2 is 1.49 bits per heavy atom. The second-order valence-corrected chi connectivity index (χ2v) is 8.39. The van der Waals surface area contributed by atoms with Crippen molar-refractivity contribution in [3.63, 3.8) is 0 Å². The summed E-state index contributed by atoms with van der Waals surface area (Å²) in [6.07, 6.45) is -0.413. The molecule has 1 heterocycles. The van der Waals surface area contributed by atoms with Crippen LogP contribution in [0.15, 0.2) is 36.4 Å². The Morgan fingerprint density at radius 3 is 2.08 bits per heavy atom. The van der Waals surface area contributed by atoms with E-state index >= 15 is 0 Å². The predicted molar refractivity (Wildman–Crippen MR) is 133 cm³/mol.